The highest BCUT2D eigenvalue weighted by Crippen LogP contribution is 2.31. The summed E-state index contributed by atoms with van der Waals surface area (Å²) < 4.78 is 7.72. The number of benzene rings is 2. The number of thioether (sulfide) groups is 1. The molecule has 178 valence electrons. The molecule has 0 N–H and O–H groups in total. The van der Waals surface area contributed by atoms with Gasteiger partial charge in [0, 0.05) is 17.5 Å². The molecule has 5 rings (SSSR count). The van der Waals surface area contributed by atoms with Crippen molar-refractivity contribution in [1.82, 2.24) is 14.5 Å². The van der Waals surface area contributed by atoms with Crippen LogP contribution in [0.25, 0.3) is 11.0 Å². The van der Waals surface area contributed by atoms with E-state index < -0.39 is 0 Å². The lowest BCUT2D eigenvalue weighted by Gasteiger charge is -2.33. The number of aromatic nitrogens is 3. The van der Waals surface area contributed by atoms with Crippen LogP contribution in [-0.2, 0) is 24.3 Å². The molecule has 1 aliphatic heterocycles. The summed E-state index contributed by atoms with van der Waals surface area (Å²) in [4.78, 5) is 36.1. The topological polar surface area (TPSA) is 74.1 Å². The first-order valence-corrected chi connectivity index (χ1v) is 12.8. The normalized spacial score (nSPS) is 17.3. The van der Waals surface area contributed by atoms with Gasteiger partial charge in [-0.1, -0.05) is 79.3 Å². The molecule has 6 nitrogen and oxygen atoms in total. The van der Waals surface area contributed by atoms with Crippen molar-refractivity contribution in [3.05, 3.63) is 99.5 Å². The number of pyridine rings is 1. The second-order valence-electron chi connectivity index (χ2n) is 9.08. The van der Waals surface area contributed by atoms with E-state index in [4.69, 9.17) is 14.7 Å². The lowest BCUT2D eigenvalue weighted by atomic mass is 9.91. The van der Waals surface area contributed by atoms with E-state index in [0.29, 0.717) is 41.3 Å². The molecule has 7 heteroatoms. The van der Waals surface area contributed by atoms with Crippen LogP contribution in [0.1, 0.15) is 47.4 Å². The third-order valence-corrected chi connectivity index (χ3v) is 7.53. The Balaban J connectivity index is 1.56. The minimum atomic E-state index is -0.268. The van der Waals surface area contributed by atoms with E-state index in [1.54, 1.807) is 16.7 Å². The summed E-state index contributed by atoms with van der Waals surface area (Å²) in [6, 6.07) is 20.8. The average Bonchev–Trinajstić information content (AvgIpc) is 2.89. The lowest BCUT2D eigenvalue weighted by molar-refractivity contribution is -0.0573. The Morgan fingerprint density at radius 2 is 1.80 bits per heavy atom. The maximum atomic E-state index is 13.7. The number of hydrogen-bond donors (Lipinski definition) is 0. The highest BCUT2D eigenvalue weighted by Gasteiger charge is 2.31. The summed E-state index contributed by atoms with van der Waals surface area (Å²) in [7, 11) is 0. The van der Waals surface area contributed by atoms with Crippen LogP contribution in [0.5, 0.6) is 0 Å². The monoisotopic (exact) mass is 485 g/mol. The number of ether oxygens (including phenoxy) is 1. The molecule has 0 saturated carbocycles. The van der Waals surface area contributed by atoms with E-state index in [0.717, 1.165) is 23.2 Å². The van der Waals surface area contributed by atoms with Crippen LogP contribution in [-0.4, -0.2) is 31.7 Å². The highest BCUT2D eigenvalue weighted by atomic mass is 32.2. The SMILES string of the molecule is CC[C@@]1(C)Cc2nc3nc(SCC(=O)c4ccccc4)n(Cc4ccccc4)c(=O)c3cc2CO1. The fraction of sp³-hybridized carbons (Fsp3) is 0.286. The molecule has 35 heavy (non-hydrogen) atoms. The van der Waals surface area contributed by atoms with Crippen molar-refractivity contribution < 1.29 is 9.53 Å². The quantitative estimate of drug-likeness (QED) is 0.207. The molecular weight excluding hydrogens is 458 g/mol. The molecular formula is C28H27N3O3S. The van der Waals surface area contributed by atoms with Crippen LogP contribution in [0.2, 0.25) is 0 Å². The fourth-order valence-corrected chi connectivity index (χ4v) is 5.10. The van der Waals surface area contributed by atoms with Gasteiger partial charge in [0.1, 0.15) is 0 Å². The van der Waals surface area contributed by atoms with Gasteiger partial charge >= 0.3 is 0 Å². The largest absolute Gasteiger partial charge is 0.370 e. The van der Waals surface area contributed by atoms with Crippen molar-refractivity contribution in [2.75, 3.05) is 5.75 Å². The Bertz CT molecular complexity index is 1440. The number of hydrogen-bond acceptors (Lipinski definition) is 6. The number of nitrogens with zero attached hydrogens (tertiary/aromatic N) is 3. The van der Waals surface area contributed by atoms with Gasteiger partial charge in [0.25, 0.3) is 5.56 Å². The maximum Gasteiger partial charge on any atom is 0.264 e. The number of fused-ring (bicyclic) bond motifs is 2. The second kappa shape index (κ2) is 9.76. The average molecular weight is 486 g/mol. The number of ketones is 1. The predicted molar refractivity (Wildman–Crippen MR) is 138 cm³/mol. The molecule has 0 radical (unpaired) electrons. The molecule has 0 spiro atoms. The van der Waals surface area contributed by atoms with Gasteiger partial charge in [0.05, 0.1) is 35.6 Å². The second-order valence-corrected chi connectivity index (χ2v) is 10.0. The van der Waals surface area contributed by atoms with Gasteiger partial charge in [-0.05, 0) is 25.0 Å². The first-order valence-electron chi connectivity index (χ1n) is 11.8. The Morgan fingerprint density at radius 3 is 2.51 bits per heavy atom. The van der Waals surface area contributed by atoms with Crippen molar-refractivity contribution in [1.29, 1.82) is 0 Å². The highest BCUT2D eigenvalue weighted by molar-refractivity contribution is 7.99. The van der Waals surface area contributed by atoms with Gasteiger partial charge in [-0.25, -0.2) is 9.97 Å². The van der Waals surface area contributed by atoms with E-state index in [9.17, 15) is 9.59 Å². The van der Waals surface area contributed by atoms with E-state index in [-0.39, 0.29) is 22.7 Å². The van der Waals surface area contributed by atoms with Gasteiger partial charge in [-0.3, -0.25) is 14.2 Å². The van der Waals surface area contributed by atoms with Gasteiger partial charge in [-0.2, -0.15) is 0 Å². The zero-order valence-corrected chi connectivity index (χ0v) is 20.7. The standard InChI is InChI=1S/C28H27N3O3S/c1-3-28(2)15-23-21(17-34-28)14-22-25(29-23)30-27(35-18-24(32)20-12-8-5-9-13-20)31(26(22)33)16-19-10-6-4-7-11-19/h4-14H,3,15-18H2,1-2H3/t28-/m0/s1. The van der Waals surface area contributed by atoms with Gasteiger partial charge < -0.3 is 4.74 Å². The lowest BCUT2D eigenvalue weighted by Crippen LogP contribution is -2.35. The number of Topliss-reactive ketones (excluding diaryl/α,β-unsaturated/α-hetero) is 1. The molecule has 0 fully saturated rings. The number of rotatable bonds is 7. The zero-order valence-electron chi connectivity index (χ0n) is 19.9. The summed E-state index contributed by atoms with van der Waals surface area (Å²) in [5.74, 6) is 0.175. The molecule has 0 bridgehead atoms. The predicted octanol–water partition coefficient (Wildman–Crippen LogP) is 5.06. The van der Waals surface area contributed by atoms with Crippen LogP contribution >= 0.6 is 11.8 Å². The first kappa shape index (κ1) is 23.5. The van der Waals surface area contributed by atoms with Crippen molar-refractivity contribution in [3.63, 3.8) is 0 Å². The summed E-state index contributed by atoms with van der Waals surface area (Å²) in [6.07, 6.45) is 1.56. The number of carbonyl (C=O) groups excluding carboxylic acids is 1. The Kier molecular flexibility index (Phi) is 6.54. The summed E-state index contributed by atoms with van der Waals surface area (Å²) in [5.41, 5.74) is 3.49. The van der Waals surface area contributed by atoms with Crippen LogP contribution in [0, 0.1) is 0 Å². The molecule has 1 atom stereocenters. The Labute approximate surface area is 208 Å². The smallest absolute Gasteiger partial charge is 0.264 e. The van der Waals surface area contributed by atoms with Gasteiger partial charge in [0.2, 0.25) is 0 Å². The third kappa shape index (κ3) is 4.92. The van der Waals surface area contributed by atoms with Crippen LogP contribution in [0.3, 0.4) is 0 Å². The maximum absolute atomic E-state index is 13.7. The minimum absolute atomic E-state index is 0.00883. The fourth-order valence-electron chi connectivity index (χ4n) is 4.22. The van der Waals surface area contributed by atoms with E-state index in [2.05, 4.69) is 13.8 Å². The summed E-state index contributed by atoms with van der Waals surface area (Å²) in [5, 5.41) is 0.968. The van der Waals surface area contributed by atoms with Crippen molar-refractivity contribution >= 4 is 28.6 Å². The Hall–Kier alpha value is -3.29. The van der Waals surface area contributed by atoms with E-state index in [1.807, 2.05) is 54.6 Å². The summed E-state index contributed by atoms with van der Waals surface area (Å²) >= 11 is 1.28. The van der Waals surface area contributed by atoms with Crippen LogP contribution in [0.15, 0.2) is 76.7 Å². The molecule has 0 saturated heterocycles. The molecule has 1 aliphatic rings. The van der Waals surface area contributed by atoms with Crippen molar-refractivity contribution in [2.45, 2.75) is 50.6 Å². The molecule has 3 heterocycles. The molecule has 2 aromatic heterocycles. The molecule has 4 aromatic rings. The molecule has 0 aliphatic carbocycles. The minimum Gasteiger partial charge on any atom is -0.370 e. The van der Waals surface area contributed by atoms with Crippen LogP contribution < -0.4 is 5.56 Å². The number of carbonyl (C=O) groups is 1. The van der Waals surface area contributed by atoms with E-state index >= 15 is 0 Å². The third-order valence-electron chi connectivity index (χ3n) is 6.56. The van der Waals surface area contributed by atoms with E-state index in [1.165, 1.54) is 11.8 Å². The summed E-state index contributed by atoms with van der Waals surface area (Å²) in [6.45, 7) is 4.99. The van der Waals surface area contributed by atoms with Gasteiger partial charge in [0.15, 0.2) is 16.6 Å². The van der Waals surface area contributed by atoms with Crippen molar-refractivity contribution in [2.24, 2.45) is 0 Å². The van der Waals surface area contributed by atoms with Crippen molar-refractivity contribution in [3.8, 4) is 0 Å². The zero-order chi connectivity index (χ0) is 24.4. The van der Waals surface area contributed by atoms with Crippen LogP contribution in [0.4, 0.5) is 0 Å². The van der Waals surface area contributed by atoms with Gasteiger partial charge in [-0.15, -0.1) is 0 Å². The molecule has 0 unspecified atom stereocenters. The molecule has 0 amide bonds. The first-order chi connectivity index (χ1) is 17.0. The Morgan fingerprint density at radius 1 is 1.09 bits per heavy atom. The molecule has 2 aromatic carbocycles.